The molecule has 4 heteroatoms. The molecule has 1 amide bonds. The maximum absolute atomic E-state index is 11.4. The lowest BCUT2D eigenvalue weighted by Crippen LogP contribution is -2.32. The van der Waals surface area contributed by atoms with Gasteiger partial charge >= 0.3 is 0 Å². The topological polar surface area (TPSA) is 41.6 Å². The molecule has 0 aliphatic rings. The van der Waals surface area contributed by atoms with E-state index in [2.05, 4.69) is 5.32 Å². The van der Waals surface area contributed by atoms with Gasteiger partial charge in [0.25, 0.3) is 0 Å². The summed E-state index contributed by atoms with van der Waals surface area (Å²) in [6, 6.07) is 7.85. The predicted octanol–water partition coefficient (Wildman–Crippen LogP) is 1.26. The van der Waals surface area contributed by atoms with Crippen LogP contribution in [0.3, 0.4) is 0 Å². The van der Waals surface area contributed by atoms with Crippen molar-refractivity contribution in [3.05, 3.63) is 29.8 Å². The van der Waals surface area contributed by atoms with Crippen LogP contribution in [0.1, 0.15) is 12.5 Å². The second kappa shape index (κ2) is 6.91. The van der Waals surface area contributed by atoms with Gasteiger partial charge in [-0.1, -0.05) is 18.2 Å². The van der Waals surface area contributed by atoms with E-state index in [0.29, 0.717) is 19.7 Å². The van der Waals surface area contributed by atoms with Gasteiger partial charge in [-0.25, -0.2) is 0 Å². The zero-order valence-electron chi connectivity index (χ0n) is 10.7. The molecule has 0 atom stereocenters. The molecule has 0 fully saturated rings. The van der Waals surface area contributed by atoms with Crippen molar-refractivity contribution in [2.24, 2.45) is 0 Å². The molecule has 17 heavy (non-hydrogen) atoms. The van der Waals surface area contributed by atoms with E-state index in [4.69, 9.17) is 4.74 Å². The largest absolute Gasteiger partial charge is 0.494 e. The average Bonchev–Trinajstić information content (AvgIpc) is 2.31. The number of ether oxygens (including phenoxy) is 1. The molecule has 94 valence electrons. The van der Waals surface area contributed by atoms with Crippen LogP contribution < -0.4 is 10.1 Å². The fraction of sp³-hybridized carbons (Fsp3) is 0.462. The maximum atomic E-state index is 11.4. The molecular weight excluding hydrogens is 216 g/mol. The van der Waals surface area contributed by atoms with Gasteiger partial charge in [-0.2, -0.15) is 0 Å². The van der Waals surface area contributed by atoms with E-state index in [1.165, 1.54) is 0 Å². The smallest absolute Gasteiger partial charge is 0.236 e. The Labute approximate surface area is 103 Å². The molecule has 0 aliphatic carbocycles. The first kappa shape index (κ1) is 13.5. The molecule has 0 spiro atoms. The van der Waals surface area contributed by atoms with Gasteiger partial charge in [0.1, 0.15) is 5.75 Å². The molecule has 0 saturated heterocycles. The van der Waals surface area contributed by atoms with Gasteiger partial charge < -0.3 is 15.0 Å². The van der Waals surface area contributed by atoms with E-state index < -0.39 is 0 Å². The lowest BCUT2D eigenvalue weighted by atomic mass is 10.2. The second-order valence-corrected chi connectivity index (χ2v) is 3.93. The third-order valence-electron chi connectivity index (χ3n) is 2.36. The number of para-hydroxylation sites is 1. The van der Waals surface area contributed by atoms with Crippen molar-refractivity contribution in [3.8, 4) is 5.75 Å². The summed E-state index contributed by atoms with van der Waals surface area (Å²) in [7, 11) is 3.50. The number of hydrogen-bond acceptors (Lipinski definition) is 3. The van der Waals surface area contributed by atoms with Crippen molar-refractivity contribution in [1.82, 2.24) is 10.2 Å². The van der Waals surface area contributed by atoms with E-state index in [-0.39, 0.29) is 5.91 Å². The highest BCUT2D eigenvalue weighted by atomic mass is 16.5. The normalized spacial score (nSPS) is 10.1. The Morgan fingerprint density at radius 2 is 2.06 bits per heavy atom. The molecule has 0 aliphatic heterocycles. The molecule has 1 rings (SSSR count). The van der Waals surface area contributed by atoms with Crippen LogP contribution in [0.4, 0.5) is 0 Å². The summed E-state index contributed by atoms with van der Waals surface area (Å²) in [5, 5.41) is 3.11. The van der Waals surface area contributed by atoms with Crippen LogP contribution in [0.25, 0.3) is 0 Å². The highest BCUT2D eigenvalue weighted by molar-refractivity contribution is 5.77. The van der Waals surface area contributed by atoms with Gasteiger partial charge in [-0.05, 0) is 13.0 Å². The van der Waals surface area contributed by atoms with Gasteiger partial charge in [-0.15, -0.1) is 0 Å². The number of rotatable bonds is 6. The van der Waals surface area contributed by atoms with Crippen molar-refractivity contribution in [2.75, 3.05) is 27.2 Å². The minimum absolute atomic E-state index is 0.0684. The summed E-state index contributed by atoms with van der Waals surface area (Å²) in [6.45, 7) is 3.58. The van der Waals surface area contributed by atoms with Crippen LogP contribution in [-0.4, -0.2) is 38.1 Å². The van der Waals surface area contributed by atoms with E-state index in [0.717, 1.165) is 11.3 Å². The first-order valence-corrected chi connectivity index (χ1v) is 5.76. The molecule has 0 bridgehead atoms. The van der Waals surface area contributed by atoms with E-state index in [1.54, 1.807) is 19.0 Å². The van der Waals surface area contributed by atoms with Crippen LogP contribution in [-0.2, 0) is 11.3 Å². The summed E-state index contributed by atoms with van der Waals surface area (Å²) < 4.78 is 5.51. The fourth-order valence-corrected chi connectivity index (χ4v) is 1.41. The molecule has 1 N–H and O–H groups in total. The maximum Gasteiger partial charge on any atom is 0.236 e. The molecule has 0 heterocycles. The van der Waals surface area contributed by atoms with Crippen molar-refractivity contribution in [3.63, 3.8) is 0 Å². The first-order valence-electron chi connectivity index (χ1n) is 5.76. The van der Waals surface area contributed by atoms with Crippen LogP contribution in [0.5, 0.6) is 5.75 Å². The molecule has 0 radical (unpaired) electrons. The van der Waals surface area contributed by atoms with E-state index in [9.17, 15) is 4.79 Å². The van der Waals surface area contributed by atoms with Crippen molar-refractivity contribution in [2.45, 2.75) is 13.5 Å². The molecule has 0 unspecified atom stereocenters. The SMILES string of the molecule is CCOc1ccccc1CNCC(=O)N(C)C. The van der Waals surface area contributed by atoms with Gasteiger partial charge in [0.05, 0.1) is 13.2 Å². The Balaban J connectivity index is 2.48. The average molecular weight is 236 g/mol. The number of hydrogen-bond donors (Lipinski definition) is 1. The zero-order chi connectivity index (χ0) is 12.7. The molecular formula is C13H20N2O2. The summed E-state index contributed by atoms with van der Waals surface area (Å²) in [6.07, 6.45) is 0. The summed E-state index contributed by atoms with van der Waals surface area (Å²) in [5.74, 6) is 0.943. The van der Waals surface area contributed by atoms with Gasteiger partial charge in [-0.3, -0.25) is 4.79 Å². The van der Waals surface area contributed by atoms with Crippen molar-refractivity contribution < 1.29 is 9.53 Å². The fourth-order valence-electron chi connectivity index (χ4n) is 1.41. The van der Waals surface area contributed by atoms with E-state index in [1.807, 2.05) is 31.2 Å². The standard InChI is InChI=1S/C13H20N2O2/c1-4-17-12-8-6-5-7-11(12)9-14-10-13(16)15(2)3/h5-8,14H,4,9-10H2,1-3H3. The molecule has 0 saturated carbocycles. The summed E-state index contributed by atoms with van der Waals surface area (Å²) in [4.78, 5) is 12.9. The van der Waals surface area contributed by atoms with E-state index >= 15 is 0 Å². The van der Waals surface area contributed by atoms with Gasteiger partial charge in [0, 0.05) is 26.2 Å². The summed E-state index contributed by atoms with van der Waals surface area (Å²) >= 11 is 0. The number of carbonyl (C=O) groups is 1. The third kappa shape index (κ3) is 4.44. The Bertz CT molecular complexity index is 364. The summed E-state index contributed by atoms with van der Waals surface area (Å²) in [5.41, 5.74) is 1.07. The van der Waals surface area contributed by atoms with Crippen LogP contribution in [0.2, 0.25) is 0 Å². The molecule has 1 aromatic rings. The number of nitrogens with one attached hydrogen (secondary N) is 1. The molecule has 1 aromatic carbocycles. The molecule has 4 nitrogen and oxygen atoms in total. The number of benzene rings is 1. The Hall–Kier alpha value is -1.55. The highest BCUT2D eigenvalue weighted by Gasteiger charge is 2.05. The lowest BCUT2D eigenvalue weighted by molar-refractivity contribution is -0.127. The Morgan fingerprint density at radius 1 is 1.35 bits per heavy atom. The second-order valence-electron chi connectivity index (χ2n) is 3.93. The van der Waals surface area contributed by atoms with Crippen LogP contribution in [0.15, 0.2) is 24.3 Å². The quantitative estimate of drug-likeness (QED) is 0.808. The lowest BCUT2D eigenvalue weighted by Gasteiger charge is -2.13. The molecule has 0 aromatic heterocycles. The Kier molecular flexibility index (Phi) is 5.49. The van der Waals surface area contributed by atoms with Crippen molar-refractivity contribution in [1.29, 1.82) is 0 Å². The van der Waals surface area contributed by atoms with Gasteiger partial charge in [0.15, 0.2) is 0 Å². The number of carbonyl (C=O) groups excluding carboxylic acids is 1. The monoisotopic (exact) mass is 236 g/mol. The Morgan fingerprint density at radius 3 is 2.71 bits per heavy atom. The predicted molar refractivity (Wildman–Crippen MR) is 68.0 cm³/mol. The van der Waals surface area contributed by atoms with Crippen LogP contribution in [0, 0.1) is 0 Å². The number of nitrogens with zero attached hydrogens (tertiary/aromatic N) is 1. The highest BCUT2D eigenvalue weighted by Crippen LogP contribution is 2.17. The first-order chi connectivity index (χ1) is 8.15. The van der Waals surface area contributed by atoms with Crippen LogP contribution >= 0.6 is 0 Å². The zero-order valence-corrected chi connectivity index (χ0v) is 10.7. The number of amides is 1. The third-order valence-corrected chi connectivity index (χ3v) is 2.36. The minimum Gasteiger partial charge on any atom is -0.494 e. The minimum atomic E-state index is 0.0684. The van der Waals surface area contributed by atoms with Crippen molar-refractivity contribution >= 4 is 5.91 Å². The number of likely N-dealkylation sites (N-methyl/N-ethyl adjacent to an activating group) is 1. The van der Waals surface area contributed by atoms with Gasteiger partial charge in [0.2, 0.25) is 5.91 Å².